The van der Waals surface area contributed by atoms with Crippen LogP contribution in [0.4, 0.5) is 4.79 Å². The molecule has 2 amide bonds. The predicted octanol–water partition coefficient (Wildman–Crippen LogP) is 2.71. The molecule has 0 aromatic carbocycles. The molecule has 0 bridgehead atoms. The second kappa shape index (κ2) is 8.68. The van der Waals surface area contributed by atoms with Crippen molar-refractivity contribution in [3.63, 3.8) is 0 Å². The Kier molecular flexibility index (Phi) is 5.85. The molecule has 1 aliphatic heterocycles. The molecular formula is C20H28N6O2. The number of nitrogens with zero attached hydrogens (tertiary/aromatic N) is 5. The SMILES string of the molecule is C[C@H](NC(=O)N1CCN(CC2CCCC2)CC1)c1nc(-c2cccnc2)no1. The van der Waals surface area contributed by atoms with Crippen LogP contribution in [0.25, 0.3) is 11.4 Å². The van der Waals surface area contributed by atoms with E-state index in [0.29, 0.717) is 11.7 Å². The van der Waals surface area contributed by atoms with Gasteiger partial charge in [-0.25, -0.2) is 4.79 Å². The van der Waals surface area contributed by atoms with Crippen LogP contribution in [0, 0.1) is 5.92 Å². The Morgan fingerprint density at radius 2 is 2.07 bits per heavy atom. The van der Waals surface area contributed by atoms with Crippen LogP contribution < -0.4 is 5.32 Å². The van der Waals surface area contributed by atoms with E-state index in [2.05, 4.69) is 25.3 Å². The molecule has 1 saturated heterocycles. The van der Waals surface area contributed by atoms with Crippen LogP contribution in [0.15, 0.2) is 29.0 Å². The number of aromatic nitrogens is 3. The number of carbonyl (C=O) groups excluding carboxylic acids is 1. The Morgan fingerprint density at radius 3 is 2.79 bits per heavy atom. The first-order chi connectivity index (χ1) is 13.7. The van der Waals surface area contributed by atoms with E-state index in [1.165, 1.54) is 32.2 Å². The van der Waals surface area contributed by atoms with Crippen molar-refractivity contribution >= 4 is 6.03 Å². The summed E-state index contributed by atoms with van der Waals surface area (Å²) in [5.74, 6) is 1.73. The summed E-state index contributed by atoms with van der Waals surface area (Å²) in [6.07, 6.45) is 8.86. The van der Waals surface area contributed by atoms with Crippen LogP contribution >= 0.6 is 0 Å². The predicted molar refractivity (Wildman–Crippen MR) is 104 cm³/mol. The molecule has 1 aliphatic carbocycles. The first kappa shape index (κ1) is 18.9. The lowest BCUT2D eigenvalue weighted by Gasteiger charge is -2.36. The van der Waals surface area contributed by atoms with Gasteiger partial charge in [-0.2, -0.15) is 4.98 Å². The van der Waals surface area contributed by atoms with Crippen molar-refractivity contribution < 1.29 is 9.32 Å². The molecule has 150 valence electrons. The molecule has 8 nitrogen and oxygen atoms in total. The summed E-state index contributed by atoms with van der Waals surface area (Å²) in [4.78, 5) is 25.4. The molecule has 1 N–H and O–H groups in total. The third-order valence-corrected chi connectivity index (χ3v) is 5.72. The molecule has 2 fully saturated rings. The van der Waals surface area contributed by atoms with Crippen molar-refractivity contribution in [3.05, 3.63) is 30.4 Å². The van der Waals surface area contributed by atoms with Crippen LogP contribution in [0.5, 0.6) is 0 Å². The third kappa shape index (κ3) is 4.49. The second-order valence-corrected chi connectivity index (χ2v) is 7.81. The highest BCUT2D eigenvalue weighted by molar-refractivity contribution is 5.74. The number of hydrogen-bond acceptors (Lipinski definition) is 6. The van der Waals surface area contributed by atoms with E-state index in [1.807, 2.05) is 24.0 Å². The van der Waals surface area contributed by atoms with Gasteiger partial charge in [0.2, 0.25) is 11.7 Å². The number of amides is 2. The molecule has 0 spiro atoms. The van der Waals surface area contributed by atoms with Gasteiger partial charge in [-0.3, -0.25) is 9.88 Å². The number of hydrogen-bond donors (Lipinski definition) is 1. The van der Waals surface area contributed by atoms with Crippen molar-refractivity contribution in [2.45, 2.75) is 38.6 Å². The van der Waals surface area contributed by atoms with Crippen molar-refractivity contribution in [1.82, 2.24) is 30.2 Å². The summed E-state index contributed by atoms with van der Waals surface area (Å²) in [5, 5.41) is 6.96. The zero-order valence-corrected chi connectivity index (χ0v) is 16.4. The Morgan fingerprint density at radius 1 is 1.29 bits per heavy atom. The van der Waals surface area contributed by atoms with Crippen LogP contribution in [-0.2, 0) is 0 Å². The summed E-state index contributed by atoms with van der Waals surface area (Å²) in [6.45, 7) is 6.46. The average Bonchev–Trinajstić information content (AvgIpc) is 3.41. The Labute approximate surface area is 165 Å². The molecule has 2 aromatic heterocycles. The fraction of sp³-hybridized carbons (Fsp3) is 0.600. The van der Waals surface area contributed by atoms with Crippen molar-refractivity contribution in [1.29, 1.82) is 0 Å². The number of carbonyl (C=O) groups is 1. The van der Waals surface area contributed by atoms with Gasteiger partial charge in [-0.15, -0.1) is 0 Å². The molecule has 1 saturated carbocycles. The Balaban J connectivity index is 1.26. The molecule has 1 atom stereocenters. The minimum absolute atomic E-state index is 0.0749. The number of rotatable bonds is 5. The molecule has 2 aliphatic rings. The van der Waals surface area contributed by atoms with Crippen LogP contribution in [-0.4, -0.2) is 63.7 Å². The Hall–Kier alpha value is -2.48. The van der Waals surface area contributed by atoms with Gasteiger partial charge in [0, 0.05) is 50.7 Å². The van der Waals surface area contributed by atoms with Gasteiger partial charge in [0.25, 0.3) is 0 Å². The minimum atomic E-state index is -0.345. The van der Waals surface area contributed by atoms with E-state index in [1.54, 1.807) is 12.4 Å². The van der Waals surface area contributed by atoms with Gasteiger partial charge >= 0.3 is 6.03 Å². The fourth-order valence-corrected chi connectivity index (χ4v) is 4.05. The minimum Gasteiger partial charge on any atom is -0.337 e. The summed E-state index contributed by atoms with van der Waals surface area (Å²) in [5.41, 5.74) is 0.786. The first-order valence-corrected chi connectivity index (χ1v) is 10.2. The molecule has 3 heterocycles. The van der Waals surface area contributed by atoms with Crippen molar-refractivity contribution in [2.75, 3.05) is 32.7 Å². The fourth-order valence-electron chi connectivity index (χ4n) is 4.05. The standard InChI is InChI=1S/C20H28N6O2/c1-15(19-23-18(24-28-19)17-7-4-8-21-13-17)22-20(27)26-11-9-25(10-12-26)14-16-5-2-3-6-16/h4,7-8,13,15-16H,2-3,5-6,9-12,14H2,1H3,(H,22,27)/t15-/m0/s1. The van der Waals surface area contributed by atoms with Crippen molar-refractivity contribution in [3.8, 4) is 11.4 Å². The lowest BCUT2D eigenvalue weighted by atomic mass is 10.1. The lowest BCUT2D eigenvalue weighted by Crippen LogP contribution is -2.52. The van der Waals surface area contributed by atoms with Gasteiger partial charge in [0.1, 0.15) is 6.04 Å². The Bertz CT molecular complexity index is 766. The molecule has 4 rings (SSSR count). The van der Waals surface area contributed by atoms with E-state index >= 15 is 0 Å². The molecule has 8 heteroatoms. The van der Waals surface area contributed by atoms with E-state index < -0.39 is 0 Å². The highest BCUT2D eigenvalue weighted by Crippen LogP contribution is 2.26. The summed E-state index contributed by atoms with van der Waals surface area (Å²) < 4.78 is 5.33. The van der Waals surface area contributed by atoms with Crippen LogP contribution in [0.1, 0.15) is 44.5 Å². The van der Waals surface area contributed by atoms with E-state index in [4.69, 9.17) is 4.52 Å². The number of urea groups is 1. The third-order valence-electron chi connectivity index (χ3n) is 5.72. The largest absolute Gasteiger partial charge is 0.337 e. The molecular weight excluding hydrogens is 356 g/mol. The quantitative estimate of drug-likeness (QED) is 0.853. The smallest absolute Gasteiger partial charge is 0.318 e. The van der Waals surface area contributed by atoms with E-state index in [9.17, 15) is 4.79 Å². The van der Waals surface area contributed by atoms with Gasteiger partial charge in [-0.05, 0) is 37.8 Å². The summed E-state index contributed by atoms with van der Waals surface area (Å²) in [6, 6.07) is 3.27. The number of pyridine rings is 1. The average molecular weight is 384 g/mol. The monoisotopic (exact) mass is 384 g/mol. The second-order valence-electron chi connectivity index (χ2n) is 7.81. The molecule has 0 unspecified atom stereocenters. The lowest BCUT2D eigenvalue weighted by molar-refractivity contribution is 0.125. The maximum absolute atomic E-state index is 12.6. The van der Waals surface area contributed by atoms with Gasteiger partial charge < -0.3 is 14.7 Å². The van der Waals surface area contributed by atoms with Crippen molar-refractivity contribution in [2.24, 2.45) is 5.92 Å². The van der Waals surface area contributed by atoms with E-state index in [-0.39, 0.29) is 12.1 Å². The zero-order valence-electron chi connectivity index (χ0n) is 16.4. The summed E-state index contributed by atoms with van der Waals surface area (Å²) in [7, 11) is 0. The summed E-state index contributed by atoms with van der Waals surface area (Å²) >= 11 is 0. The highest BCUT2D eigenvalue weighted by Gasteiger charge is 2.26. The highest BCUT2D eigenvalue weighted by atomic mass is 16.5. The van der Waals surface area contributed by atoms with Gasteiger partial charge in [0.05, 0.1) is 0 Å². The van der Waals surface area contributed by atoms with Gasteiger partial charge in [-0.1, -0.05) is 18.0 Å². The maximum Gasteiger partial charge on any atom is 0.318 e. The molecule has 0 radical (unpaired) electrons. The molecule has 2 aromatic rings. The zero-order chi connectivity index (χ0) is 19.3. The first-order valence-electron chi connectivity index (χ1n) is 10.2. The van der Waals surface area contributed by atoms with Gasteiger partial charge in [0.15, 0.2) is 0 Å². The normalized spacial score (nSPS) is 19.7. The maximum atomic E-state index is 12.6. The van der Waals surface area contributed by atoms with E-state index in [0.717, 1.165) is 37.7 Å². The number of nitrogens with one attached hydrogen (secondary N) is 1. The van der Waals surface area contributed by atoms with Crippen LogP contribution in [0.3, 0.4) is 0 Å². The topological polar surface area (TPSA) is 87.4 Å². The van der Waals surface area contributed by atoms with Crippen LogP contribution in [0.2, 0.25) is 0 Å². The number of piperazine rings is 1. The molecule has 28 heavy (non-hydrogen) atoms.